The van der Waals surface area contributed by atoms with Crippen LogP contribution in [0.3, 0.4) is 0 Å². The summed E-state index contributed by atoms with van der Waals surface area (Å²) >= 11 is 0. The average molecular weight is 445 g/mol. The molecule has 33 heavy (non-hydrogen) atoms. The Labute approximate surface area is 193 Å². The zero-order chi connectivity index (χ0) is 23.2. The van der Waals surface area contributed by atoms with Gasteiger partial charge < -0.3 is 5.32 Å². The Balaban J connectivity index is 1.33. The fourth-order valence-electron chi connectivity index (χ4n) is 6.80. The highest BCUT2D eigenvalue weighted by atomic mass is 16.2. The third-order valence-corrected chi connectivity index (χ3v) is 7.90. The van der Waals surface area contributed by atoms with Crippen LogP contribution in [0.15, 0.2) is 46.5 Å². The van der Waals surface area contributed by atoms with Crippen LogP contribution in [0.25, 0.3) is 0 Å². The smallest absolute Gasteiger partial charge is 0.331 e. The third kappa shape index (κ3) is 3.99. The first-order chi connectivity index (χ1) is 15.9. The molecule has 1 aromatic rings. The number of carbonyl (C=O) groups excluding carboxylic acids is 3. The van der Waals surface area contributed by atoms with E-state index in [2.05, 4.69) is 10.3 Å². The van der Waals surface area contributed by atoms with Crippen molar-refractivity contribution in [3.05, 3.63) is 47.0 Å². The number of nitriles is 1. The molecule has 1 unspecified atom stereocenters. The largest absolute Gasteiger partial charge is 0.341 e. The van der Waals surface area contributed by atoms with Crippen LogP contribution in [0.2, 0.25) is 0 Å². The topological polar surface area (TPSA) is 103 Å². The van der Waals surface area contributed by atoms with Gasteiger partial charge >= 0.3 is 6.03 Å². The predicted octanol–water partition coefficient (Wildman–Crippen LogP) is 3.76. The van der Waals surface area contributed by atoms with Gasteiger partial charge in [-0.25, -0.2) is 9.79 Å². The first-order valence-corrected chi connectivity index (χ1v) is 11.7. The van der Waals surface area contributed by atoms with Gasteiger partial charge in [-0.1, -0.05) is 30.3 Å². The van der Waals surface area contributed by atoms with Gasteiger partial charge in [-0.15, -0.1) is 0 Å². The van der Waals surface area contributed by atoms with Crippen molar-refractivity contribution in [3.63, 3.8) is 0 Å². The fraction of sp³-hybridized carbons (Fsp3) is 0.500. The third-order valence-electron chi connectivity index (χ3n) is 7.90. The average Bonchev–Trinajstić information content (AvgIpc) is 2.76. The normalized spacial score (nSPS) is 33.0. The van der Waals surface area contributed by atoms with Gasteiger partial charge in [0, 0.05) is 11.8 Å². The van der Waals surface area contributed by atoms with Crippen LogP contribution in [0.1, 0.15) is 51.0 Å². The molecule has 0 saturated heterocycles. The quantitative estimate of drug-likeness (QED) is 0.564. The monoisotopic (exact) mass is 444 g/mol. The summed E-state index contributed by atoms with van der Waals surface area (Å²) in [6.45, 7) is 1.66. The molecule has 0 spiro atoms. The summed E-state index contributed by atoms with van der Waals surface area (Å²) in [5.74, 6) is 0.102. The lowest BCUT2D eigenvalue weighted by Crippen LogP contribution is -2.59. The van der Waals surface area contributed by atoms with Crippen molar-refractivity contribution in [2.24, 2.45) is 28.7 Å². The van der Waals surface area contributed by atoms with Crippen LogP contribution < -0.4 is 5.32 Å². The van der Waals surface area contributed by atoms with Gasteiger partial charge in [0.1, 0.15) is 11.6 Å². The molecule has 4 fully saturated rings. The molecular formula is C26H28N4O3. The number of aliphatic imine (C=N–C) groups is 1. The summed E-state index contributed by atoms with van der Waals surface area (Å²) in [6, 6.07) is 10.6. The van der Waals surface area contributed by atoms with Crippen molar-refractivity contribution < 1.29 is 14.4 Å². The highest BCUT2D eigenvalue weighted by Crippen LogP contribution is 2.55. The lowest BCUT2D eigenvalue weighted by atomic mass is 9.53. The number of benzene rings is 1. The molecule has 1 aromatic carbocycles. The van der Waals surface area contributed by atoms with E-state index < -0.39 is 23.8 Å². The van der Waals surface area contributed by atoms with E-state index in [1.807, 2.05) is 36.4 Å². The molecule has 6 rings (SSSR count). The maximum atomic E-state index is 13.2. The van der Waals surface area contributed by atoms with Crippen LogP contribution in [0.5, 0.6) is 0 Å². The predicted molar refractivity (Wildman–Crippen MR) is 122 cm³/mol. The summed E-state index contributed by atoms with van der Waals surface area (Å²) < 4.78 is 0. The van der Waals surface area contributed by atoms with Crippen LogP contribution in [0.4, 0.5) is 4.79 Å². The van der Waals surface area contributed by atoms with Gasteiger partial charge in [-0.05, 0) is 74.3 Å². The minimum absolute atomic E-state index is 0.0662. The van der Waals surface area contributed by atoms with Gasteiger partial charge in [0.2, 0.25) is 5.91 Å². The second-order valence-corrected chi connectivity index (χ2v) is 10.3. The number of carbonyl (C=O) groups is 3. The Morgan fingerprint density at radius 3 is 2.33 bits per heavy atom. The summed E-state index contributed by atoms with van der Waals surface area (Å²) in [7, 11) is 0. The molecule has 1 N–H and O–H groups in total. The van der Waals surface area contributed by atoms with Crippen LogP contribution in [-0.2, 0) is 16.1 Å². The van der Waals surface area contributed by atoms with Crippen molar-refractivity contribution in [1.82, 2.24) is 10.2 Å². The Kier molecular flexibility index (Phi) is 5.40. The van der Waals surface area contributed by atoms with Gasteiger partial charge in [-0.2, -0.15) is 5.26 Å². The Hall–Kier alpha value is -3.27. The first kappa shape index (κ1) is 21.6. The number of nitrogens with one attached hydrogen (secondary N) is 1. The zero-order valence-electron chi connectivity index (χ0n) is 18.8. The molecule has 5 aliphatic rings. The number of imide groups is 1. The van der Waals surface area contributed by atoms with Crippen molar-refractivity contribution in [3.8, 4) is 6.07 Å². The van der Waals surface area contributed by atoms with Gasteiger partial charge in [0.15, 0.2) is 0 Å². The van der Waals surface area contributed by atoms with Crippen molar-refractivity contribution >= 4 is 24.1 Å². The molecule has 4 bridgehead atoms. The van der Waals surface area contributed by atoms with Crippen LogP contribution in [-0.4, -0.2) is 34.5 Å². The van der Waals surface area contributed by atoms with E-state index in [1.165, 1.54) is 25.5 Å². The maximum absolute atomic E-state index is 13.2. The molecule has 7 nitrogen and oxygen atoms in total. The molecule has 4 amide bonds. The van der Waals surface area contributed by atoms with Crippen LogP contribution in [0, 0.1) is 35.0 Å². The standard InChI is InChI=1S/C26H28N4O3/c1-16-21(13-27)23(31)30(15-17-5-3-2-4-6-17)24(32)22(16)14-28-25(33)29-26-10-18-7-19(11-26)9-20(8-18)12-26/h2-6,14,18-20,22H,7-12,15H2,1H3,(H,29,33). The molecule has 4 saturated carbocycles. The van der Waals surface area contributed by atoms with E-state index in [0.717, 1.165) is 29.7 Å². The Morgan fingerprint density at radius 1 is 1.15 bits per heavy atom. The zero-order valence-corrected chi connectivity index (χ0v) is 18.8. The first-order valence-electron chi connectivity index (χ1n) is 11.7. The highest BCUT2D eigenvalue weighted by Gasteiger charge is 2.51. The molecule has 0 radical (unpaired) electrons. The van der Waals surface area contributed by atoms with Gasteiger partial charge in [-0.3, -0.25) is 14.5 Å². The second kappa shape index (κ2) is 8.26. The number of hydrogen-bond acceptors (Lipinski definition) is 4. The summed E-state index contributed by atoms with van der Waals surface area (Å²) in [5.41, 5.74) is 0.885. The van der Waals surface area contributed by atoms with Crippen molar-refractivity contribution in [1.29, 1.82) is 5.26 Å². The van der Waals surface area contributed by atoms with E-state index in [9.17, 15) is 19.6 Å². The molecular weight excluding hydrogens is 416 g/mol. The number of nitrogens with zero attached hydrogens (tertiary/aromatic N) is 3. The number of hydrogen-bond donors (Lipinski definition) is 1. The maximum Gasteiger partial charge on any atom is 0.341 e. The fourth-order valence-corrected chi connectivity index (χ4v) is 6.80. The van der Waals surface area contributed by atoms with E-state index in [4.69, 9.17) is 0 Å². The molecule has 0 aromatic heterocycles. The Morgan fingerprint density at radius 2 is 1.76 bits per heavy atom. The molecule has 1 aliphatic heterocycles. The summed E-state index contributed by atoms with van der Waals surface area (Å²) in [5, 5.41) is 12.7. The molecule has 1 atom stereocenters. The summed E-state index contributed by atoms with van der Waals surface area (Å²) in [4.78, 5) is 43.9. The minimum atomic E-state index is -0.914. The van der Waals surface area contributed by atoms with Gasteiger partial charge in [0.25, 0.3) is 5.91 Å². The minimum Gasteiger partial charge on any atom is -0.331 e. The molecule has 170 valence electrons. The van der Waals surface area contributed by atoms with Crippen molar-refractivity contribution in [2.45, 2.75) is 57.5 Å². The lowest BCUT2D eigenvalue weighted by molar-refractivity contribution is -0.145. The number of rotatable bonds is 4. The van der Waals surface area contributed by atoms with Gasteiger partial charge in [0.05, 0.1) is 12.5 Å². The number of urea groups is 1. The summed E-state index contributed by atoms with van der Waals surface area (Å²) in [6.07, 6.45) is 8.18. The van der Waals surface area contributed by atoms with E-state index >= 15 is 0 Å². The van der Waals surface area contributed by atoms with E-state index in [-0.39, 0.29) is 17.7 Å². The SMILES string of the molecule is CC1=C(C#N)C(=O)N(Cc2ccccc2)C(=O)C1C=NC(=O)NC12CC3CC(CC(C3)C1)C2. The van der Waals surface area contributed by atoms with E-state index in [0.29, 0.717) is 23.3 Å². The molecule has 4 aliphatic carbocycles. The second-order valence-electron chi connectivity index (χ2n) is 10.3. The molecule has 1 heterocycles. The van der Waals surface area contributed by atoms with Crippen molar-refractivity contribution in [2.75, 3.05) is 0 Å². The Bertz CT molecular complexity index is 1060. The highest BCUT2D eigenvalue weighted by molar-refractivity contribution is 6.16. The van der Waals surface area contributed by atoms with E-state index in [1.54, 1.807) is 6.92 Å². The number of amides is 4. The lowest BCUT2D eigenvalue weighted by Gasteiger charge is -2.56. The molecule has 7 heteroatoms. The van der Waals surface area contributed by atoms with Crippen LogP contribution >= 0.6 is 0 Å².